The number of carbonyl (C=O) groups is 1. The lowest BCUT2D eigenvalue weighted by Crippen LogP contribution is -2.36. The number of anilines is 1. The van der Waals surface area contributed by atoms with Crippen molar-refractivity contribution in [3.63, 3.8) is 0 Å². The molecule has 0 aliphatic heterocycles. The van der Waals surface area contributed by atoms with Crippen LogP contribution in [0.25, 0.3) is 16.7 Å². The van der Waals surface area contributed by atoms with E-state index in [-0.39, 0.29) is 34.9 Å². The number of hydrogen-bond donors (Lipinski definition) is 0. The van der Waals surface area contributed by atoms with Crippen molar-refractivity contribution in [2.24, 2.45) is 0 Å². The summed E-state index contributed by atoms with van der Waals surface area (Å²) in [4.78, 5) is 42.4. The lowest BCUT2D eigenvalue weighted by molar-refractivity contribution is -0.384. The first-order chi connectivity index (χ1) is 15.0. The minimum Gasteiger partial charge on any atom is -0.311 e. The number of fused-ring (bicyclic) bond motifs is 1. The summed E-state index contributed by atoms with van der Waals surface area (Å²) in [7, 11) is 0. The summed E-state index contributed by atoms with van der Waals surface area (Å²) in [6.07, 6.45) is 2.56. The molecule has 0 saturated carbocycles. The third-order valence-electron chi connectivity index (χ3n) is 4.85. The van der Waals surface area contributed by atoms with E-state index in [1.54, 1.807) is 17.0 Å². The Balaban J connectivity index is 1.70. The standard InChI is InChI=1S/C21H18N6O4/c1-2-25(15-8-4-3-5-9-15)19(28)13-24-14-22-20-16(21(24)29)12-23-26(20)17-10-6-7-11-18(17)27(30)31/h3-12,14H,2,13H2,1H3. The van der Waals surface area contributed by atoms with Gasteiger partial charge < -0.3 is 4.90 Å². The lowest BCUT2D eigenvalue weighted by atomic mass is 10.2. The molecule has 2 aromatic heterocycles. The first-order valence-electron chi connectivity index (χ1n) is 9.53. The summed E-state index contributed by atoms with van der Waals surface area (Å²) in [5.74, 6) is -0.261. The van der Waals surface area contributed by atoms with E-state index in [4.69, 9.17) is 0 Å². The first-order valence-corrected chi connectivity index (χ1v) is 9.53. The van der Waals surface area contributed by atoms with Crippen molar-refractivity contribution in [2.75, 3.05) is 11.4 Å². The van der Waals surface area contributed by atoms with Gasteiger partial charge in [0.1, 0.15) is 23.9 Å². The molecule has 0 saturated heterocycles. The molecule has 1 amide bonds. The number of amides is 1. The summed E-state index contributed by atoms with van der Waals surface area (Å²) in [5, 5.41) is 15.6. The van der Waals surface area contributed by atoms with E-state index in [0.717, 1.165) is 5.69 Å². The van der Waals surface area contributed by atoms with Gasteiger partial charge in [0, 0.05) is 18.3 Å². The van der Waals surface area contributed by atoms with Gasteiger partial charge in [-0.25, -0.2) is 9.67 Å². The predicted molar refractivity (Wildman–Crippen MR) is 114 cm³/mol. The molecule has 10 nitrogen and oxygen atoms in total. The Morgan fingerprint density at radius 1 is 1.13 bits per heavy atom. The second kappa shape index (κ2) is 8.19. The molecule has 156 valence electrons. The van der Waals surface area contributed by atoms with Crippen LogP contribution in [-0.4, -0.2) is 36.7 Å². The minimum absolute atomic E-state index is 0.157. The Morgan fingerprint density at radius 2 is 1.84 bits per heavy atom. The Labute approximate surface area is 176 Å². The van der Waals surface area contributed by atoms with Gasteiger partial charge in [0.15, 0.2) is 5.65 Å². The normalized spacial score (nSPS) is 10.9. The van der Waals surface area contributed by atoms with E-state index in [2.05, 4.69) is 10.1 Å². The van der Waals surface area contributed by atoms with Crippen molar-refractivity contribution in [2.45, 2.75) is 13.5 Å². The molecule has 0 N–H and O–H groups in total. The number of benzene rings is 2. The van der Waals surface area contributed by atoms with Gasteiger partial charge in [0.25, 0.3) is 11.2 Å². The van der Waals surface area contributed by atoms with Gasteiger partial charge in [-0.05, 0) is 25.1 Å². The van der Waals surface area contributed by atoms with Gasteiger partial charge >= 0.3 is 0 Å². The van der Waals surface area contributed by atoms with Crippen LogP contribution >= 0.6 is 0 Å². The molecule has 31 heavy (non-hydrogen) atoms. The first kappa shape index (κ1) is 20.0. The smallest absolute Gasteiger partial charge is 0.294 e. The van der Waals surface area contributed by atoms with Gasteiger partial charge in [-0.2, -0.15) is 5.10 Å². The van der Waals surface area contributed by atoms with Gasteiger partial charge in [0.2, 0.25) is 5.91 Å². The van der Waals surface area contributed by atoms with Crippen molar-refractivity contribution in [3.8, 4) is 5.69 Å². The fourth-order valence-electron chi connectivity index (χ4n) is 3.38. The topological polar surface area (TPSA) is 116 Å². The van der Waals surface area contributed by atoms with Crippen LogP contribution in [0.15, 0.2) is 71.9 Å². The number of likely N-dealkylation sites (N-methyl/N-ethyl adjacent to an activating group) is 1. The fraction of sp³-hybridized carbons (Fsp3) is 0.143. The second-order valence-corrected chi connectivity index (χ2v) is 6.69. The van der Waals surface area contributed by atoms with Crippen LogP contribution in [-0.2, 0) is 11.3 Å². The fourth-order valence-corrected chi connectivity index (χ4v) is 3.38. The highest BCUT2D eigenvalue weighted by Crippen LogP contribution is 2.24. The molecule has 0 spiro atoms. The molecule has 10 heteroatoms. The zero-order valence-electron chi connectivity index (χ0n) is 16.6. The number of rotatable bonds is 6. The lowest BCUT2D eigenvalue weighted by Gasteiger charge is -2.21. The molecular weight excluding hydrogens is 400 g/mol. The SMILES string of the molecule is CCN(C(=O)Cn1cnc2c(cnn2-c2ccccc2[N+](=O)[O-])c1=O)c1ccccc1. The molecular formula is C21H18N6O4. The highest BCUT2D eigenvalue weighted by molar-refractivity contribution is 5.93. The maximum absolute atomic E-state index is 12.9. The van der Waals surface area contributed by atoms with E-state index in [0.29, 0.717) is 6.54 Å². The number of aromatic nitrogens is 4. The number of nitro groups is 1. The maximum atomic E-state index is 12.9. The van der Waals surface area contributed by atoms with E-state index >= 15 is 0 Å². The second-order valence-electron chi connectivity index (χ2n) is 6.69. The number of nitro benzene ring substituents is 1. The quantitative estimate of drug-likeness (QED) is 0.351. The van der Waals surface area contributed by atoms with Crippen molar-refractivity contribution >= 4 is 28.3 Å². The summed E-state index contributed by atoms with van der Waals surface area (Å²) >= 11 is 0. The number of hydrogen-bond acceptors (Lipinski definition) is 6. The van der Waals surface area contributed by atoms with E-state index in [1.807, 2.05) is 37.3 Å². The highest BCUT2D eigenvalue weighted by Gasteiger charge is 2.20. The average molecular weight is 418 g/mol. The molecule has 0 bridgehead atoms. The molecule has 0 atom stereocenters. The minimum atomic E-state index is -0.522. The summed E-state index contributed by atoms with van der Waals surface area (Å²) < 4.78 is 2.46. The largest absolute Gasteiger partial charge is 0.311 e. The van der Waals surface area contributed by atoms with Crippen LogP contribution in [0.3, 0.4) is 0 Å². The third kappa shape index (κ3) is 3.66. The maximum Gasteiger partial charge on any atom is 0.294 e. The monoisotopic (exact) mass is 418 g/mol. The molecule has 4 rings (SSSR count). The van der Waals surface area contributed by atoms with Gasteiger partial charge in [-0.15, -0.1) is 0 Å². The summed E-state index contributed by atoms with van der Waals surface area (Å²) in [6.45, 7) is 2.11. The zero-order valence-corrected chi connectivity index (χ0v) is 16.6. The van der Waals surface area contributed by atoms with Gasteiger partial charge in [0.05, 0.1) is 11.1 Å². The van der Waals surface area contributed by atoms with Crippen LogP contribution in [0, 0.1) is 10.1 Å². The van der Waals surface area contributed by atoms with Crippen LogP contribution in [0.1, 0.15) is 6.92 Å². The molecule has 0 fully saturated rings. The molecule has 0 aliphatic carbocycles. The van der Waals surface area contributed by atoms with Crippen LogP contribution in [0.4, 0.5) is 11.4 Å². The zero-order chi connectivity index (χ0) is 22.0. The van der Waals surface area contributed by atoms with Crippen molar-refractivity contribution in [3.05, 3.63) is 87.6 Å². The Bertz CT molecular complexity index is 1330. The number of carbonyl (C=O) groups excluding carboxylic acids is 1. The molecule has 4 aromatic rings. The Hall–Kier alpha value is -4.34. The van der Waals surface area contributed by atoms with Gasteiger partial charge in [-0.3, -0.25) is 24.3 Å². The van der Waals surface area contributed by atoms with Crippen LogP contribution < -0.4 is 10.5 Å². The number of para-hydroxylation sites is 3. The molecule has 2 aromatic carbocycles. The number of nitrogens with zero attached hydrogens (tertiary/aromatic N) is 6. The molecule has 0 unspecified atom stereocenters. The summed E-state index contributed by atoms with van der Waals surface area (Å²) in [5.41, 5.74) is 0.506. The highest BCUT2D eigenvalue weighted by atomic mass is 16.6. The van der Waals surface area contributed by atoms with E-state index in [9.17, 15) is 19.7 Å². The molecule has 2 heterocycles. The van der Waals surface area contributed by atoms with Crippen molar-refractivity contribution in [1.82, 2.24) is 19.3 Å². The van der Waals surface area contributed by atoms with E-state index in [1.165, 1.54) is 33.9 Å². The molecule has 0 aliphatic rings. The summed E-state index contributed by atoms with van der Waals surface area (Å²) in [6, 6.07) is 15.2. The van der Waals surface area contributed by atoms with Crippen molar-refractivity contribution < 1.29 is 9.72 Å². The Morgan fingerprint density at radius 3 is 2.55 bits per heavy atom. The predicted octanol–water partition coefficient (Wildman–Crippen LogP) is 2.54. The average Bonchev–Trinajstić information content (AvgIpc) is 3.21. The van der Waals surface area contributed by atoms with E-state index < -0.39 is 10.5 Å². The Kier molecular flexibility index (Phi) is 5.27. The van der Waals surface area contributed by atoms with Crippen molar-refractivity contribution in [1.29, 1.82) is 0 Å². The van der Waals surface area contributed by atoms with Crippen LogP contribution in [0.5, 0.6) is 0 Å². The van der Waals surface area contributed by atoms with Crippen LogP contribution in [0.2, 0.25) is 0 Å². The van der Waals surface area contributed by atoms with Gasteiger partial charge in [-0.1, -0.05) is 30.3 Å². The third-order valence-corrected chi connectivity index (χ3v) is 4.85. The molecule has 0 radical (unpaired) electrons.